The van der Waals surface area contributed by atoms with E-state index < -0.39 is 0 Å². The van der Waals surface area contributed by atoms with Crippen LogP contribution in [0.15, 0.2) is 17.7 Å². The normalized spacial score (nSPS) is 11.5. The summed E-state index contributed by atoms with van der Waals surface area (Å²) in [6.45, 7) is 9.34. The minimum absolute atomic E-state index is 0.996. The molecule has 0 heterocycles. The van der Waals surface area contributed by atoms with E-state index in [4.69, 9.17) is 6.58 Å². The Kier molecular flexibility index (Phi) is 4.33. The van der Waals surface area contributed by atoms with E-state index in [2.05, 4.69) is 13.0 Å². The van der Waals surface area contributed by atoms with Gasteiger partial charge in [0.05, 0.1) is 0 Å². The Labute approximate surface area is 51.9 Å². The van der Waals surface area contributed by atoms with E-state index in [9.17, 15) is 0 Å². The highest BCUT2D eigenvalue weighted by Crippen LogP contribution is 2.01. The van der Waals surface area contributed by atoms with E-state index in [1.54, 1.807) is 6.08 Å². The lowest BCUT2D eigenvalue weighted by molar-refractivity contribution is 0.975. The molecule has 0 rings (SSSR count). The molecule has 0 amide bonds. The second-order valence-electron chi connectivity index (χ2n) is 1.91. The predicted molar refractivity (Wildman–Crippen MR) is 37.5 cm³/mol. The molecule has 0 unspecified atom stereocenters. The molecule has 0 spiro atoms. The molecule has 0 aliphatic heterocycles. The highest BCUT2D eigenvalue weighted by molar-refractivity contribution is 4.96. The summed E-state index contributed by atoms with van der Waals surface area (Å²) in [6, 6.07) is 0. The summed E-state index contributed by atoms with van der Waals surface area (Å²) >= 11 is 0. The standard InChI is InChI=1S/C8H13/c1-4-6-7-8(3)5-2/h1,4-5H,6-7H2,2-3H3. The van der Waals surface area contributed by atoms with Crippen LogP contribution < -0.4 is 0 Å². The van der Waals surface area contributed by atoms with Crippen molar-refractivity contribution in [1.82, 2.24) is 0 Å². The lowest BCUT2D eigenvalue weighted by Crippen LogP contribution is -1.71. The maximum atomic E-state index is 5.18. The van der Waals surface area contributed by atoms with Gasteiger partial charge in [0.1, 0.15) is 0 Å². The van der Waals surface area contributed by atoms with Crippen LogP contribution in [0.4, 0.5) is 0 Å². The third kappa shape index (κ3) is 3.66. The fourth-order valence-electron chi connectivity index (χ4n) is 0.455. The minimum Gasteiger partial charge on any atom is -0.0887 e. The molecule has 0 bridgehead atoms. The Morgan fingerprint density at radius 2 is 2.25 bits per heavy atom. The smallest absolute Gasteiger partial charge is 0.0288 e. The third-order valence-electron chi connectivity index (χ3n) is 1.20. The Bertz CT molecular complexity index is 88.2. The zero-order valence-electron chi connectivity index (χ0n) is 5.65. The molecule has 45 valence electrons. The van der Waals surface area contributed by atoms with Crippen LogP contribution in [0.1, 0.15) is 26.7 Å². The molecule has 0 nitrogen and oxygen atoms in total. The van der Waals surface area contributed by atoms with Crippen molar-refractivity contribution in [2.75, 3.05) is 0 Å². The first-order valence-corrected chi connectivity index (χ1v) is 2.96. The van der Waals surface area contributed by atoms with Crippen LogP contribution in [0.25, 0.3) is 0 Å². The summed E-state index contributed by atoms with van der Waals surface area (Å²) in [4.78, 5) is 0. The third-order valence-corrected chi connectivity index (χ3v) is 1.20. The van der Waals surface area contributed by atoms with Crippen LogP contribution in [-0.2, 0) is 0 Å². The van der Waals surface area contributed by atoms with Crippen molar-refractivity contribution in [1.29, 1.82) is 0 Å². The fourth-order valence-corrected chi connectivity index (χ4v) is 0.455. The predicted octanol–water partition coefficient (Wildman–Crippen LogP) is 2.72. The first kappa shape index (κ1) is 7.48. The summed E-state index contributed by atoms with van der Waals surface area (Å²) in [7, 11) is 0. The molecule has 0 N–H and O–H groups in total. The molecular weight excluding hydrogens is 96.1 g/mol. The molecule has 8 heavy (non-hydrogen) atoms. The van der Waals surface area contributed by atoms with Crippen LogP contribution in [0.2, 0.25) is 0 Å². The van der Waals surface area contributed by atoms with E-state index in [0.29, 0.717) is 0 Å². The number of hydrogen-bond donors (Lipinski definition) is 0. The van der Waals surface area contributed by atoms with E-state index >= 15 is 0 Å². The van der Waals surface area contributed by atoms with Crippen molar-refractivity contribution in [3.8, 4) is 0 Å². The first-order chi connectivity index (χ1) is 3.81. The molecule has 0 atom stereocenters. The van der Waals surface area contributed by atoms with Gasteiger partial charge in [-0.2, -0.15) is 0 Å². The van der Waals surface area contributed by atoms with Crippen molar-refractivity contribution in [2.45, 2.75) is 26.7 Å². The number of rotatable bonds is 3. The molecule has 1 radical (unpaired) electrons. The zero-order chi connectivity index (χ0) is 6.41. The van der Waals surface area contributed by atoms with Crippen molar-refractivity contribution in [2.24, 2.45) is 0 Å². The molecule has 0 aromatic heterocycles. The van der Waals surface area contributed by atoms with Crippen molar-refractivity contribution < 1.29 is 0 Å². The number of hydrogen-bond acceptors (Lipinski definition) is 0. The average Bonchev–Trinajstić information content (AvgIpc) is 1.83. The molecule has 0 saturated carbocycles. The van der Waals surface area contributed by atoms with Gasteiger partial charge in [0, 0.05) is 0 Å². The molecule has 0 aromatic carbocycles. The minimum atomic E-state index is 0.996. The van der Waals surface area contributed by atoms with E-state index in [0.717, 1.165) is 12.8 Å². The van der Waals surface area contributed by atoms with Crippen molar-refractivity contribution in [3.05, 3.63) is 24.3 Å². The Hall–Kier alpha value is -0.520. The van der Waals surface area contributed by atoms with Gasteiger partial charge in [-0.25, -0.2) is 0 Å². The van der Waals surface area contributed by atoms with Crippen LogP contribution in [0.5, 0.6) is 0 Å². The summed E-state index contributed by atoms with van der Waals surface area (Å²) in [6.07, 6.45) is 5.92. The van der Waals surface area contributed by atoms with Gasteiger partial charge in [-0.3, -0.25) is 0 Å². The largest absolute Gasteiger partial charge is 0.0887 e. The summed E-state index contributed by atoms with van der Waals surface area (Å²) < 4.78 is 0. The van der Waals surface area contributed by atoms with Crippen LogP contribution in [-0.4, -0.2) is 0 Å². The molecule has 0 aliphatic carbocycles. The van der Waals surface area contributed by atoms with Gasteiger partial charge in [-0.1, -0.05) is 24.3 Å². The van der Waals surface area contributed by atoms with Gasteiger partial charge in [0.25, 0.3) is 0 Å². The van der Waals surface area contributed by atoms with Crippen LogP contribution >= 0.6 is 0 Å². The van der Waals surface area contributed by atoms with Gasteiger partial charge >= 0.3 is 0 Å². The van der Waals surface area contributed by atoms with Gasteiger partial charge in [-0.05, 0) is 26.7 Å². The zero-order valence-corrected chi connectivity index (χ0v) is 5.65. The molecule has 0 saturated heterocycles. The van der Waals surface area contributed by atoms with E-state index in [1.165, 1.54) is 5.57 Å². The molecule has 0 fully saturated rings. The lowest BCUT2D eigenvalue weighted by Gasteiger charge is -1.92. The monoisotopic (exact) mass is 109 g/mol. The lowest BCUT2D eigenvalue weighted by atomic mass is 10.1. The highest BCUT2D eigenvalue weighted by Gasteiger charge is 1.81. The summed E-state index contributed by atoms with van der Waals surface area (Å²) in [5.41, 5.74) is 1.41. The molecule has 0 heteroatoms. The molecule has 0 aromatic rings. The Morgan fingerprint density at radius 3 is 2.62 bits per heavy atom. The second kappa shape index (κ2) is 4.63. The van der Waals surface area contributed by atoms with Crippen LogP contribution in [0, 0.1) is 6.58 Å². The van der Waals surface area contributed by atoms with Gasteiger partial charge in [0.2, 0.25) is 0 Å². The van der Waals surface area contributed by atoms with Gasteiger partial charge in [-0.15, -0.1) is 0 Å². The first-order valence-electron chi connectivity index (χ1n) is 2.96. The Morgan fingerprint density at radius 1 is 1.62 bits per heavy atom. The van der Waals surface area contributed by atoms with Crippen molar-refractivity contribution >= 4 is 0 Å². The molecular formula is C8H13. The average molecular weight is 109 g/mol. The van der Waals surface area contributed by atoms with Crippen LogP contribution in [0.3, 0.4) is 0 Å². The fraction of sp³-hybridized carbons (Fsp3) is 0.500. The molecule has 0 aliphatic rings. The second-order valence-corrected chi connectivity index (χ2v) is 1.91. The van der Waals surface area contributed by atoms with Gasteiger partial charge in [0.15, 0.2) is 0 Å². The topological polar surface area (TPSA) is 0 Å². The Balaban J connectivity index is 3.24. The maximum absolute atomic E-state index is 5.18. The summed E-state index contributed by atoms with van der Waals surface area (Å²) in [5, 5.41) is 0. The number of allylic oxidation sites excluding steroid dienone is 3. The quantitative estimate of drug-likeness (QED) is 0.489. The van der Waals surface area contributed by atoms with E-state index in [1.807, 2.05) is 6.92 Å². The highest BCUT2D eigenvalue weighted by atomic mass is 13.9. The maximum Gasteiger partial charge on any atom is -0.0288 e. The van der Waals surface area contributed by atoms with Gasteiger partial charge < -0.3 is 0 Å². The SMILES string of the molecule is [CH]=CCCC(C)=CC. The van der Waals surface area contributed by atoms with E-state index in [-0.39, 0.29) is 0 Å². The summed E-state index contributed by atoms with van der Waals surface area (Å²) in [5.74, 6) is 0. The van der Waals surface area contributed by atoms with Crippen molar-refractivity contribution in [3.63, 3.8) is 0 Å².